The summed E-state index contributed by atoms with van der Waals surface area (Å²) in [4.78, 5) is 28.4. The molecule has 4 rings (SSSR count). The number of anilines is 1. The highest BCUT2D eigenvalue weighted by Gasteiger charge is 2.18. The Balaban J connectivity index is 1.64. The number of aryl methyl sites for hydroxylation is 1. The van der Waals surface area contributed by atoms with Crippen molar-refractivity contribution in [3.05, 3.63) is 84.1 Å². The molecule has 0 aliphatic carbocycles. The fourth-order valence-electron chi connectivity index (χ4n) is 3.11. The van der Waals surface area contributed by atoms with E-state index in [2.05, 4.69) is 10.3 Å². The van der Waals surface area contributed by atoms with Gasteiger partial charge in [0, 0.05) is 18.8 Å². The van der Waals surface area contributed by atoms with E-state index in [9.17, 15) is 14.7 Å². The first-order chi connectivity index (χ1) is 13.5. The molecule has 0 radical (unpaired) electrons. The molecule has 0 saturated heterocycles. The summed E-state index contributed by atoms with van der Waals surface area (Å²) in [6.07, 6.45) is 1.82. The SMILES string of the molecule is Cn1cc(-c2ccc3ccccc3c2)nc1NC(=O)c1ccccc1C(=O)O. The zero-order chi connectivity index (χ0) is 19.7. The Bertz CT molecular complexity index is 1210. The average molecular weight is 371 g/mol. The zero-order valence-electron chi connectivity index (χ0n) is 15.1. The van der Waals surface area contributed by atoms with Gasteiger partial charge in [0.15, 0.2) is 0 Å². The number of fused-ring (bicyclic) bond motifs is 1. The maximum Gasteiger partial charge on any atom is 0.336 e. The van der Waals surface area contributed by atoms with Crippen LogP contribution in [0.5, 0.6) is 0 Å². The topological polar surface area (TPSA) is 84.2 Å². The van der Waals surface area contributed by atoms with Crippen molar-refractivity contribution < 1.29 is 14.7 Å². The van der Waals surface area contributed by atoms with Crippen molar-refractivity contribution in [1.29, 1.82) is 0 Å². The second-order valence-corrected chi connectivity index (χ2v) is 6.43. The lowest BCUT2D eigenvalue weighted by Crippen LogP contribution is -2.18. The van der Waals surface area contributed by atoms with Crippen molar-refractivity contribution in [2.45, 2.75) is 0 Å². The van der Waals surface area contributed by atoms with Gasteiger partial charge in [-0.3, -0.25) is 10.1 Å². The molecule has 1 amide bonds. The molecule has 0 aliphatic rings. The molecule has 0 aliphatic heterocycles. The molecule has 3 aromatic carbocycles. The lowest BCUT2D eigenvalue weighted by molar-refractivity contribution is 0.0692. The molecule has 1 heterocycles. The average Bonchev–Trinajstić information content (AvgIpc) is 3.07. The van der Waals surface area contributed by atoms with Gasteiger partial charge in [-0.25, -0.2) is 9.78 Å². The van der Waals surface area contributed by atoms with Crippen LogP contribution < -0.4 is 5.32 Å². The summed E-state index contributed by atoms with van der Waals surface area (Å²) in [6.45, 7) is 0. The van der Waals surface area contributed by atoms with E-state index in [1.807, 2.05) is 48.7 Å². The van der Waals surface area contributed by atoms with E-state index in [1.165, 1.54) is 12.1 Å². The van der Waals surface area contributed by atoms with E-state index in [4.69, 9.17) is 0 Å². The first-order valence-electron chi connectivity index (χ1n) is 8.69. The van der Waals surface area contributed by atoms with Crippen molar-refractivity contribution in [1.82, 2.24) is 9.55 Å². The highest BCUT2D eigenvalue weighted by atomic mass is 16.4. The Hall–Kier alpha value is -3.93. The molecule has 0 unspecified atom stereocenters. The fourth-order valence-corrected chi connectivity index (χ4v) is 3.11. The van der Waals surface area contributed by atoms with Gasteiger partial charge in [-0.1, -0.05) is 48.5 Å². The molecule has 0 fully saturated rings. The number of aromatic carboxylic acids is 1. The first-order valence-corrected chi connectivity index (χ1v) is 8.69. The smallest absolute Gasteiger partial charge is 0.336 e. The molecule has 6 heteroatoms. The van der Waals surface area contributed by atoms with Crippen LogP contribution in [0.2, 0.25) is 0 Å². The van der Waals surface area contributed by atoms with Crippen LogP contribution in [0.25, 0.3) is 22.0 Å². The molecule has 0 atom stereocenters. The van der Waals surface area contributed by atoms with Crippen LogP contribution in [0.1, 0.15) is 20.7 Å². The minimum Gasteiger partial charge on any atom is -0.478 e. The summed E-state index contributed by atoms with van der Waals surface area (Å²) in [7, 11) is 1.77. The summed E-state index contributed by atoms with van der Waals surface area (Å²) in [5, 5.41) is 14.2. The Morgan fingerprint density at radius 1 is 0.929 bits per heavy atom. The van der Waals surface area contributed by atoms with Gasteiger partial charge in [0.05, 0.1) is 16.8 Å². The van der Waals surface area contributed by atoms with Gasteiger partial charge in [0.1, 0.15) is 0 Å². The first kappa shape index (κ1) is 17.5. The second kappa shape index (κ2) is 7.00. The Morgan fingerprint density at radius 2 is 1.61 bits per heavy atom. The Labute approximate surface area is 161 Å². The summed E-state index contributed by atoms with van der Waals surface area (Å²) in [5.74, 6) is -1.33. The van der Waals surface area contributed by atoms with Crippen LogP contribution in [0.15, 0.2) is 72.9 Å². The highest BCUT2D eigenvalue weighted by molar-refractivity contribution is 6.10. The van der Waals surface area contributed by atoms with E-state index in [0.717, 1.165) is 22.0 Å². The molecule has 0 spiro atoms. The summed E-state index contributed by atoms with van der Waals surface area (Å²) in [6, 6.07) is 20.2. The number of carboxylic acid groups (broad SMARTS) is 1. The normalized spacial score (nSPS) is 10.8. The summed E-state index contributed by atoms with van der Waals surface area (Å²) < 4.78 is 1.70. The van der Waals surface area contributed by atoms with Gasteiger partial charge in [0.25, 0.3) is 5.91 Å². The monoisotopic (exact) mass is 371 g/mol. The van der Waals surface area contributed by atoms with Crippen molar-refractivity contribution in [2.24, 2.45) is 7.05 Å². The van der Waals surface area contributed by atoms with Crippen molar-refractivity contribution in [2.75, 3.05) is 5.32 Å². The number of carbonyl (C=O) groups excluding carboxylic acids is 1. The lowest BCUT2D eigenvalue weighted by atomic mass is 10.1. The van der Waals surface area contributed by atoms with Gasteiger partial charge >= 0.3 is 5.97 Å². The van der Waals surface area contributed by atoms with Crippen LogP contribution in [-0.2, 0) is 7.05 Å². The molecule has 0 bridgehead atoms. The van der Waals surface area contributed by atoms with Crippen molar-refractivity contribution in [3.8, 4) is 11.3 Å². The standard InChI is InChI=1S/C22H17N3O3/c1-25-13-19(16-11-10-14-6-2-3-7-15(14)12-16)23-22(25)24-20(26)17-8-4-5-9-18(17)21(27)28/h2-13H,1H3,(H,27,28)(H,23,24,26). The van der Waals surface area contributed by atoms with Crippen molar-refractivity contribution >= 4 is 28.6 Å². The third-order valence-electron chi connectivity index (χ3n) is 4.55. The number of nitrogens with one attached hydrogen (secondary N) is 1. The van der Waals surface area contributed by atoms with Gasteiger partial charge in [-0.2, -0.15) is 0 Å². The predicted octanol–water partition coefficient (Wildman–Crippen LogP) is 4.19. The minimum atomic E-state index is -1.15. The predicted molar refractivity (Wildman–Crippen MR) is 108 cm³/mol. The van der Waals surface area contributed by atoms with Gasteiger partial charge < -0.3 is 9.67 Å². The molecular formula is C22H17N3O3. The number of carboxylic acids is 1. The number of aromatic nitrogens is 2. The molecule has 28 heavy (non-hydrogen) atoms. The van der Waals surface area contributed by atoms with Gasteiger partial charge in [0.2, 0.25) is 5.95 Å². The molecule has 138 valence electrons. The van der Waals surface area contributed by atoms with Crippen LogP contribution in [-0.4, -0.2) is 26.5 Å². The Kier molecular flexibility index (Phi) is 4.37. The third-order valence-corrected chi connectivity index (χ3v) is 4.55. The van der Waals surface area contributed by atoms with Crippen LogP contribution in [0.4, 0.5) is 5.95 Å². The number of rotatable bonds is 4. The van der Waals surface area contributed by atoms with E-state index in [1.54, 1.807) is 23.7 Å². The van der Waals surface area contributed by atoms with E-state index in [0.29, 0.717) is 5.95 Å². The lowest BCUT2D eigenvalue weighted by Gasteiger charge is -2.07. The number of hydrogen-bond donors (Lipinski definition) is 2. The number of hydrogen-bond acceptors (Lipinski definition) is 3. The van der Waals surface area contributed by atoms with Crippen molar-refractivity contribution in [3.63, 3.8) is 0 Å². The van der Waals surface area contributed by atoms with Crippen LogP contribution in [0, 0.1) is 0 Å². The van der Waals surface area contributed by atoms with Crippen LogP contribution >= 0.6 is 0 Å². The van der Waals surface area contributed by atoms with Crippen LogP contribution in [0.3, 0.4) is 0 Å². The fraction of sp³-hybridized carbons (Fsp3) is 0.0455. The maximum absolute atomic E-state index is 12.6. The minimum absolute atomic E-state index is 0.0519. The largest absolute Gasteiger partial charge is 0.478 e. The molecule has 0 saturated carbocycles. The molecule has 1 aromatic heterocycles. The summed E-state index contributed by atoms with van der Waals surface area (Å²) >= 11 is 0. The van der Waals surface area contributed by atoms with E-state index < -0.39 is 11.9 Å². The van der Waals surface area contributed by atoms with Gasteiger partial charge in [-0.05, 0) is 29.0 Å². The molecule has 6 nitrogen and oxygen atoms in total. The third kappa shape index (κ3) is 3.23. The molecule has 2 N–H and O–H groups in total. The number of nitrogens with zero attached hydrogens (tertiary/aromatic N) is 2. The number of benzene rings is 3. The zero-order valence-corrected chi connectivity index (χ0v) is 15.1. The number of amides is 1. The maximum atomic E-state index is 12.6. The second-order valence-electron chi connectivity index (χ2n) is 6.43. The summed E-state index contributed by atoms with van der Waals surface area (Å²) in [5.41, 5.74) is 1.69. The van der Waals surface area contributed by atoms with Gasteiger partial charge in [-0.15, -0.1) is 0 Å². The highest BCUT2D eigenvalue weighted by Crippen LogP contribution is 2.25. The van der Waals surface area contributed by atoms with E-state index in [-0.39, 0.29) is 11.1 Å². The molecule has 4 aromatic rings. The number of carbonyl (C=O) groups is 2. The Morgan fingerprint density at radius 3 is 2.36 bits per heavy atom. The quantitative estimate of drug-likeness (QED) is 0.563. The molecular weight excluding hydrogens is 354 g/mol. The van der Waals surface area contributed by atoms with E-state index >= 15 is 0 Å². The number of imidazole rings is 1.